The summed E-state index contributed by atoms with van der Waals surface area (Å²) in [5, 5.41) is 3.50. The van der Waals surface area contributed by atoms with Gasteiger partial charge in [0.1, 0.15) is 0 Å². The zero-order valence-electron chi connectivity index (χ0n) is 11.8. The Balaban J connectivity index is 2.07. The maximum Gasteiger partial charge on any atom is 0.163 e. The molecule has 0 bridgehead atoms. The number of halogens is 2. The Bertz CT molecular complexity index is 419. The van der Waals surface area contributed by atoms with Crippen molar-refractivity contribution in [1.82, 2.24) is 5.32 Å². The molecule has 0 radical (unpaired) electrons. The third kappa shape index (κ3) is 3.33. The summed E-state index contributed by atoms with van der Waals surface area (Å²) < 4.78 is 27.0. The van der Waals surface area contributed by atoms with E-state index < -0.39 is 11.6 Å². The van der Waals surface area contributed by atoms with Crippen LogP contribution in [0.15, 0.2) is 18.2 Å². The minimum atomic E-state index is -0.762. The summed E-state index contributed by atoms with van der Waals surface area (Å²) in [6.07, 6.45) is 6.05. The van der Waals surface area contributed by atoms with Gasteiger partial charge in [-0.1, -0.05) is 38.3 Å². The van der Waals surface area contributed by atoms with E-state index in [0.29, 0.717) is 17.5 Å². The molecule has 0 aliphatic heterocycles. The van der Waals surface area contributed by atoms with Crippen LogP contribution in [0.25, 0.3) is 0 Å². The molecule has 1 saturated carbocycles. The topological polar surface area (TPSA) is 12.0 Å². The Kier molecular flexibility index (Phi) is 4.92. The van der Waals surface area contributed by atoms with Gasteiger partial charge in [-0.3, -0.25) is 0 Å². The summed E-state index contributed by atoms with van der Waals surface area (Å²) in [5.74, 6) is -0.819. The highest BCUT2D eigenvalue weighted by Gasteiger charge is 2.26. The average molecular weight is 267 g/mol. The van der Waals surface area contributed by atoms with Crippen molar-refractivity contribution < 1.29 is 8.78 Å². The molecule has 0 aromatic heterocycles. The van der Waals surface area contributed by atoms with Crippen molar-refractivity contribution in [3.05, 3.63) is 35.4 Å². The molecule has 106 valence electrons. The molecule has 0 spiro atoms. The van der Waals surface area contributed by atoms with E-state index in [0.717, 1.165) is 12.8 Å². The third-order valence-corrected chi connectivity index (χ3v) is 4.35. The monoisotopic (exact) mass is 267 g/mol. The first kappa shape index (κ1) is 14.4. The van der Waals surface area contributed by atoms with Gasteiger partial charge in [0, 0.05) is 17.6 Å². The Morgan fingerprint density at radius 1 is 1.26 bits per heavy atom. The lowest BCUT2D eigenvalue weighted by Gasteiger charge is -2.34. The Morgan fingerprint density at radius 3 is 2.74 bits per heavy atom. The molecule has 1 aliphatic carbocycles. The molecule has 1 aromatic carbocycles. The molecule has 0 saturated heterocycles. The molecule has 3 atom stereocenters. The highest BCUT2D eigenvalue weighted by molar-refractivity contribution is 5.22. The van der Waals surface area contributed by atoms with Crippen LogP contribution in [-0.2, 0) is 0 Å². The third-order valence-electron chi connectivity index (χ3n) is 4.35. The van der Waals surface area contributed by atoms with E-state index in [2.05, 4.69) is 12.2 Å². The van der Waals surface area contributed by atoms with Crippen molar-refractivity contribution in [2.24, 2.45) is 5.92 Å². The average Bonchev–Trinajstić information content (AvgIpc) is 2.42. The zero-order valence-corrected chi connectivity index (χ0v) is 11.8. The number of benzene rings is 1. The van der Waals surface area contributed by atoms with E-state index >= 15 is 0 Å². The molecular formula is C16H23F2N. The van der Waals surface area contributed by atoms with Gasteiger partial charge in [0.25, 0.3) is 0 Å². The van der Waals surface area contributed by atoms with Crippen LogP contribution >= 0.6 is 0 Å². The lowest BCUT2D eigenvalue weighted by molar-refractivity contribution is 0.239. The van der Waals surface area contributed by atoms with Crippen LogP contribution in [0.4, 0.5) is 8.78 Å². The smallest absolute Gasteiger partial charge is 0.163 e. The molecule has 1 aliphatic rings. The Morgan fingerprint density at radius 2 is 2.00 bits per heavy atom. The van der Waals surface area contributed by atoms with Gasteiger partial charge in [0.2, 0.25) is 0 Å². The van der Waals surface area contributed by atoms with E-state index in [4.69, 9.17) is 0 Å². The molecule has 19 heavy (non-hydrogen) atoms. The lowest BCUT2D eigenvalue weighted by Crippen LogP contribution is -2.39. The first-order valence-corrected chi connectivity index (χ1v) is 7.33. The van der Waals surface area contributed by atoms with E-state index in [1.54, 1.807) is 12.1 Å². The highest BCUT2D eigenvalue weighted by atomic mass is 19.2. The van der Waals surface area contributed by atoms with Crippen molar-refractivity contribution in [3.8, 4) is 0 Å². The molecule has 0 heterocycles. The predicted octanol–water partition coefficient (Wildman–Crippen LogP) is 4.58. The maximum atomic E-state index is 13.8. The normalized spacial score (nSPS) is 25.3. The van der Waals surface area contributed by atoms with Gasteiger partial charge >= 0.3 is 0 Å². The Labute approximate surface area is 114 Å². The molecule has 0 amide bonds. The minimum Gasteiger partial charge on any atom is -0.307 e. The number of nitrogens with one attached hydrogen (secondary N) is 1. The fourth-order valence-corrected chi connectivity index (χ4v) is 3.18. The standard InChI is InChI=1S/C16H23F2N/c1-3-12-7-4-5-10-15(12)19-11(2)13-8-6-9-14(17)16(13)18/h6,8-9,11-12,15,19H,3-5,7,10H2,1-2H3. The molecule has 2 rings (SSSR count). The summed E-state index contributed by atoms with van der Waals surface area (Å²) in [6.45, 7) is 4.12. The molecule has 1 N–H and O–H groups in total. The van der Waals surface area contributed by atoms with E-state index in [1.165, 1.54) is 25.3 Å². The van der Waals surface area contributed by atoms with Gasteiger partial charge in [-0.05, 0) is 31.7 Å². The van der Waals surface area contributed by atoms with Crippen molar-refractivity contribution in [2.75, 3.05) is 0 Å². The number of hydrogen-bond donors (Lipinski definition) is 1. The second-order valence-corrected chi connectivity index (χ2v) is 5.59. The SMILES string of the molecule is CCC1CCCCC1NC(C)c1cccc(F)c1F. The maximum absolute atomic E-state index is 13.8. The Hall–Kier alpha value is -0.960. The summed E-state index contributed by atoms with van der Waals surface area (Å²) in [6, 6.07) is 4.69. The van der Waals surface area contributed by atoms with Crippen LogP contribution in [0.1, 0.15) is 57.6 Å². The van der Waals surface area contributed by atoms with E-state index in [1.807, 2.05) is 6.92 Å². The van der Waals surface area contributed by atoms with Gasteiger partial charge in [-0.25, -0.2) is 8.78 Å². The van der Waals surface area contributed by atoms with Crippen LogP contribution in [0, 0.1) is 17.6 Å². The van der Waals surface area contributed by atoms with Gasteiger partial charge in [-0.2, -0.15) is 0 Å². The van der Waals surface area contributed by atoms with E-state index in [-0.39, 0.29) is 6.04 Å². The van der Waals surface area contributed by atoms with Gasteiger partial charge in [0.05, 0.1) is 0 Å². The summed E-state index contributed by atoms with van der Waals surface area (Å²) in [5.41, 5.74) is 0.431. The molecule has 1 nitrogen and oxygen atoms in total. The van der Waals surface area contributed by atoms with Crippen LogP contribution in [0.5, 0.6) is 0 Å². The second kappa shape index (κ2) is 6.47. The van der Waals surface area contributed by atoms with Crippen LogP contribution < -0.4 is 5.32 Å². The van der Waals surface area contributed by atoms with E-state index in [9.17, 15) is 8.78 Å². The first-order chi connectivity index (χ1) is 9.13. The lowest BCUT2D eigenvalue weighted by atomic mass is 9.82. The summed E-state index contributed by atoms with van der Waals surface area (Å²) in [7, 11) is 0. The van der Waals surface area contributed by atoms with Crippen molar-refractivity contribution in [1.29, 1.82) is 0 Å². The predicted molar refractivity (Wildman–Crippen MR) is 73.9 cm³/mol. The van der Waals surface area contributed by atoms with Crippen molar-refractivity contribution in [2.45, 2.75) is 58.0 Å². The largest absolute Gasteiger partial charge is 0.307 e. The van der Waals surface area contributed by atoms with Crippen molar-refractivity contribution in [3.63, 3.8) is 0 Å². The first-order valence-electron chi connectivity index (χ1n) is 7.33. The van der Waals surface area contributed by atoms with Crippen LogP contribution in [-0.4, -0.2) is 6.04 Å². The molecule has 3 heteroatoms. The second-order valence-electron chi connectivity index (χ2n) is 5.59. The van der Waals surface area contributed by atoms with Gasteiger partial charge in [-0.15, -0.1) is 0 Å². The quantitative estimate of drug-likeness (QED) is 0.841. The number of hydrogen-bond acceptors (Lipinski definition) is 1. The molecule has 1 aromatic rings. The fourth-order valence-electron chi connectivity index (χ4n) is 3.18. The zero-order chi connectivity index (χ0) is 13.8. The van der Waals surface area contributed by atoms with Crippen molar-refractivity contribution >= 4 is 0 Å². The van der Waals surface area contributed by atoms with Crippen LogP contribution in [0.2, 0.25) is 0 Å². The molecule has 3 unspecified atom stereocenters. The van der Waals surface area contributed by atoms with Gasteiger partial charge < -0.3 is 5.32 Å². The van der Waals surface area contributed by atoms with Crippen LogP contribution in [0.3, 0.4) is 0 Å². The molecule has 1 fully saturated rings. The van der Waals surface area contributed by atoms with Gasteiger partial charge in [0.15, 0.2) is 11.6 Å². The fraction of sp³-hybridized carbons (Fsp3) is 0.625. The molecular weight excluding hydrogens is 244 g/mol. The number of rotatable bonds is 4. The highest BCUT2D eigenvalue weighted by Crippen LogP contribution is 2.29. The summed E-state index contributed by atoms with van der Waals surface area (Å²) >= 11 is 0. The minimum absolute atomic E-state index is 0.146. The summed E-state index contributed by atoms with van der Waals surface area (Å²) in [4.78, 5) is 0.